The van der Waals surface area contributed by atoms with E-state index in [2.05, 4.69) is 11.6 Å². The van der Waals surface area contributed by atoms with Gasteiger partial charge in [-0.05, 0) is 25.1 Å². The second-order valence-electron chi connectivity index (χ2n) is 9.80. The van der Waals surface area contributed by atoms with Crippen molar-refractivity contribution in [3.8, 4) is 11.1 Å². The third-order valence-corrected chi connectivity index (χ3v) is 8.82. The summed E-state index contributed by atoms with van der Waals surface area (Å²) >= 11 is 6.87. The molecule has 2 aromatic carbocycles. The molecule has 0 unspecified atom stereocenters. The van der Waals surface area contributed by atoms with E-state index in [4.69, 9.17) is 16.3 Å². The molecule has 0 N–H and O–H groups in total. The van der Waals surface area contributed by atoms with E-state index < -0.39 is 57.4 Å². The fourth-order valence-corrected chi connectivity index (χ4v) is 6.78. The van der Waals surface area contributed by atoms with E-state index in [1.165, 1.54) is 17.8 Å². The van der Waals surface area contributed by atoms with Crippen LogP contribution in [0.25, 0.3) is 22.0 Å². The standard InChI is InChI=1S/C27H24ClF5N4O3S/c1-4-21(38)35-5-6-36(13(2)10-35)25-16-7-17(27(31,32)33)22(15-8-18(28)20(30)9-19(15)29)24-23(16)37(26(39)34-25)11-14(40-3)12-41-24/h4,7-9,13-14H,1,5-6,10-12H2,2-3H3/t13-,14-/m0/s1. The molecule has 1 amide bonds. The summed E-state index contributed by atoms with van der Waals surface area (Å²) in [6.45, 7) is 5.92. The Morgan fingerprint density at radius 3 is 2.56 bits per heavy atom. The maximum absolute atomic E-state index is 15.2. The lowest BCUT2D eigenvalue weighted by Gasteiger charge is -2.40. The van der Waals surface area contributed by atoms with Crippen molar-refractivity contribution in [3.05, 3.63) is 63.6 Å². The largest absolute Gasteiger partial charge is 0.417 e. The van der Waals surface area contributed by atoms with Crippen LogP contribution in [0.3, 0.4) is 0 Å². The number of thioether (sulfide) groups is 1. The Balaban J connectivity index is 1.85. The maximum Gasteiger partial charge on any atom is 0.417 e. The van der Waals surface area contributed by atoms with Gasteiger partial charge in [0.1, 0.15) is 17.5 Å². The number of hydrogen-bond donors (Lipinski definition) is 0. The monoisotopic (exact) mass is 614 g/mol. The predicted octanol–water partition coefficient (Wildman–Crippen LogP) is 5.36. The fourth-order valence-electron chi connectivity index (χ4n) is 5.30. The highest BCUT2D eigenvalue weighted by Crippen LogP contribution is 2.49. The first-order chi connectivity index (χ1) is 19.3. The number of aromatic nitrogens is 2. The topological polar surface area (TPSA) is 67.7 Å². The van der Waals surface area contributed by atoms with Crippen LogP contribution in [-0.2, 0) is 22.3 Å². The van der Waals surface area contributed by atoms with Crippen molar-refractivity contribution in [1.82, 2.24) is 14.5 Å². The number of ether oxygens (including phenoxy) is 1. The summed E-state index contributed by atoms with van der Waals surface area (Å²) in [5.41, 5.74) is -2.88. The van der Waals surface area contributed by atoms with Gasteiger partial charge in [-0.1, -0.05) is 18.2 Å². The lowest BCUT2D eigenvalue weighted by molar-refractivity contribution is -0.137. The quantitative estimate of drug-likeness (QED) is 0.224. The number of hydrogen-bond acceptors (Lipinski definition) is 6. The molecular formula is C27H24ClF5N4O3S. The molecule has 7 nitrogen and oxygen atoms in total. The number of carbonyl (C=O) groups is 1. The van der Waals surface area contributed by atoms with Gasteiger partial charge in [0.2, 0.25) is 5.91 Å². The van der Waals surface area contributed by atoms with Gasteiger partial charge in [-0.25, -0.2) is 13.6 Å². The molecule has 3 heterocycles. The first kappa shape index (κ1) is 29.3. The van der Waals surface area contributed by atoms with Crippen molar-refractivity contribution < 1.29 is 31.5 Å². The Labute approximate surface area is 240 Å². The van der Waals surface area contributed by atoms with Crippen LogP contribution in [0.5, 0.6) is 0 Å². The van der Waals surface area contributed by atoms with Crippen LogP contribution in [0, 0.1) is 11.6 Å². The Kier molecular flexibility index (Phi) is 7.81. The SMILES string of the molecule is C=CC(=O)N1CCN(c2nc(=O)n3c4c(c(-c5cc(Cl)c(F)cc5F)c(C(F)(F)F)cc24)SC[C@@H](OC)C3)[C@@H](C)C1. The highest BCUT2D eigenvalue weighted by molar-refractivity contribution is 7.99. The minimum absolute atomic E-state index is 0.00621. The summed E-state index contributed by atoms with van der Waals surface area (Å²) in [4.78, 5) is 33.1. The van der Waals surface area contributed by atoms with Crippen LogP contribution < -0.4 is 10.6 Å². The Morgan fingerprint density at radius 2 is 1.93 bits per heavy atom. The number of rotatable bonds is 4. The van der Waals surface area contributed by atoms with Gasteiger partial charge in [0.25, 0.3) is 0 Å². The molecule has 1 saturated heterocycles. The highest BCUT2D eigenvalue weighted by Gasteiger charge is 2.40. The van der Waals surface area contributed by atoms with E-state index in [-0.39, 0.29) is 59.5 Å². The van der Waals surface area contributed by atoms with Crippen molar-refractivity contribution in [2.24, 2.45) is 0 Å². The third kappa shape index (κ3) is 5.19. The average molecular weight is 615 g/mol. The van der Waals surface area contributed by atoms with E-state index in [1.54, 1.807) is 16.7 Å². The highest BCUT2D eigenvalue weighted by atomic mass is 35.5. The summed E-state index contributed by atoms with van der Waals surface area (Å²) in [5, 5.41) is -0.521. The van der Waals surface area contributed by atoms with Gasteiger partial charge in [0.05, 0.1) is 28.8 Å². The van der Waals surface area contributed by atoms with Crippen molar-refractivity contribution in [3.63, 3.8) is 0 Å². The lowest BCUT2D eigenvalue weighted by atomic mass is 9.95. The van der Waals surface area contributed by atoms with Crippen molar-refractivity contribution >= 4 is 46.0 Å². The molecule has 2 aliphatic heterocycles. The lowest BCUT2D eigenvalue weighted by Crippen LogP contribution is -2.54. The molecule has 14 heteroatoms. The zero-order chi connectivity index (χ0) is 29.8. The number of benzene rings is 2. The summed E-state index contributed by atoms with van der Waals surface area (Å²) in [5.74, 6) is -2.48. The van der Waals surface area contributed by atoms with E-state index in [0.29, 0.717) is 6.07 Å². The number of halogens is 6. The van der Waals surface area contributed by atoms with Crippen molar-refractivity contribution in [1.29, 1.82) is 0 Å². The van der Waals surface area contributed by atoms with Crippen LogP contribution in [0.15, 0.2) is 40.5 Å². The summed E-state index contributed by atoms with van der Waals surface area (Å²) in [7, 11) is 1.42. The molecule has 1 fully saturated rings. The summed E-state index contributed by atoms with van der Waals surface area (Å²) < 4.78 is 80.1. The Bertz CT molecular complexity index is 1630. The zero-order valence-corrected chi connectivity index (χ0v) is 23.5. The van der Waals surface area contributed by atoms with E-state index in [0.717, 1.165) is 23.9 Å². The van der Waals surface area contributed by atoms with Crippen LogP contribution in [0.4, 0.5) is 27.8 Å². The predicted molar refractivity (Wildman–Crippen MR) is 146 cm³/mol. The number of piperazine rings is 1. The fraction of sp³-hybridized carbons (Fsp3) is 0.370. The van der Waals surface area contributed by atoms with Gasteiger partial charge in [-0.2, -0.15) is 18.2 Å². The average Bonchev–Trinajstić information content (AvgIpc) is 3.12. The van der Waals surface area contributed by atoms with Crippen LogP contribution in [0.1, 0.15) is 12.5 Å². The molecule has 3 aromatic rings. The van der Waals surface area contributed by atoms with Gasteiger partial charge in [0, 0.05) is 66.0 Å². The van der Waals surface area contributed by atoms with Gasteiger partial charge < -0.3 is 14.5 Å². The van der Waals surface area contributed by atoms with Crippen molar-refractivity contribution in [2.75, 3.05) is 37.4 Å². The number of anilines is 1. The minimum atomic E-state index is -4.97. The molecule has 1 aromatic heterocycles. The van der Waals surface area contributed by atoms with Crippen LogP contribution >= 0.6 is 23.4 Å². The molecule has 2 atom stereocenters. The number of alkyl halides is 3. The smallest absolute Gasteiger partial charge is 0.379 e. The van der Waals surface area contributed by atoms with E-state index in [9.17, 15) is 27.2 Å². The van der Waals surface area contributed by atoms with E-state index in [1.807, 2.05) is 0 Å². The molecule has 0 spiro atoms. The molecule has 5 rings (SSSR count). The van der Waals surface area contributed by atoms with E-state index >= 15 is 4.39 Å². The van der Waals surface area contributed by atoms with Crippen LogP contribution in [0.2, 0.25) is 5.02 Å². The second-order valence-corrected chi connectivity index (χ2v) is 11.2. The van der Waals surface area contributed by atoms with Crippen LogP contribution in [-0.4, -0.2) is 65.0 Å². The minimum Gasteiger partial charge on any atom is -0.379 e. The molecule has 0 saturated carbocycles. The number of nitrogens with zero attached hydrogens (tertiary/aromatic N) is 4. The first-order valence-corrected chi connectivity index (χ1v) is 13.9. The molecule has 0 bridgehead atoms. The normalized spacial score (nSPS) is 19.4. The Hall–Kier alpha value is -3.16. The first-order valence-electron chi connectivity index (χ1n) is 12.5. The molecule has 41 heavy (non-hydrogen) atoms. The number of carbonyl (C=O) groups excluding carboxylic acids is 1. The summed E-state index contributed by atoms with van der Waals surface area (Å²) in [6, 6.07) is 1.70. The number of amides is 1. The van der Waals surface area contributed by atoms with Gasteiger partial charge >= 0.3 is 11.9 Å². The van der Waals surface area contributed by atoms with Crippen molar-refractivity contribution in [2.45, 2.75) is 36.7 Å². The van der Waals surface area contributed by atoms with Gasteiger partial charge in [-0.15, -0.1) is 11.8 Å². The van der Waals surface area contributed by atoms with Gasteiger partial charge in [0.15, 0.2) is 0 Å². The molecule has 0 radical (unpaired) electrons. The molecule has 0 aliphatic carbocycles. The van der Waals surface area contributed by atoms with Gasteiger partial charge in [-0.3, -0.25) is 9.36 Å². The molecule has 218 valence electrons. The number of methoxy groups -OCH3 is 1. The second kappa shape index (κ2) is 10.9. The summed E-state index contributed by atoms with van der Waals surface area (Å²) in [6.07, 6.45) is -4.36. The molecular weight excluding hydrogens is 591 g/mol. The third-order valence-electron chi connectivity index (χ3n) is 7.30. The Morgan fingerprint density at radius 1 is 1.20 bits per heavy atom. The zero-order valence-electron chi connectivity index (χ0n) is 21.9. The maximum atomic E-state index is 15.2. The molecule has 2 aliphatic rings.